The van der Waals surface area contributed by atoms with E-state index in [-0.39, 0.29) is 0 Å². The molecule has 3 nitrogen and oxygen atoms in total. The van der Waals surface area contributed by atoms with Crippen LogP contribution in [0, 0.1) is 6.92 Å². The van der Waals surface area contributed by atoms with Gasteiger partial charge >= 0.3 is 0 Å². The number of rotatable bonds is 3. The van der Waals surface area contributed by atoms with Gasteiger partial charge in [-0.25, -0.2) is 0 Å². The van der Waals surface area contributed by atoms with E-state index in [1.165, 1.54) is 0 Å². The molecule has 1 N–H and O–H groups in total. The first-order valence-electron chi connectivity index (χ1n) is 6.87. The molecular formula is C15H24N2O. The lowest BCUT2D eigenvalue weighted by Crippen LogP contribution is -2.47. The summed E-state index contributed by atoms with van der Waals surface area (Å²) in [4.78, 5) is 6.92. The van der Waals surface area contributed by atoms with Crippen LogP contribution in [-0.4, -0.2) is 39.7 Å². The molecule has 1 aromatic heterocycles. The van der Waals surface area contributed by atoms with E-state index in [4.69, 9.17) is 0 Å². The highest BCUT2D eigenvalue weighted by Gasteiger charge is 2.33. The van der Waals surface area contributed by atoms with Crippen molar-refractivity contribution in [1.82, 2.24) is 9.88 Å². The van der Waals surface area contributed by atoms with Crippen LogP contribution in [0.1, 0.15) is 38.1 Å². The predicted molar refractivity (Wildman–Crippen MR) is 73.6 cm³/mol. The molecule has 0 amide bonds. The van der Waals surface area contributed by atoms with Crippen LogP contribution in [0.5, 0.6) is 0 Å². The summed E-state index contributed by atoms with van der Waals surface area (Å²) in [6.45, 7) is 8.40. The van der Waals surface area contributed by atoms with Crippen LogP contribution in [0.4, 0.5) is 0 Å². The summed E-state index contributed by atoms with van der Waals surface area (Å²) in [5, 5.41) is 10.6. The molecule has 1 saturated heterocycles. The van der Waals surface area contributed by atoms with Gasteiger partial charge in [0.25, 0.3) is 0 Å². The number of piperidine rings is 1. The fourth-order valence-corrected chi connectivity index (χ4v) is 2.67. The molecular weight excluding hydrogens is 224 g/mol. The zero-order chi connectivity index (χ0) is 13.2. The second-order valence-electron chi connectivity index (χ2n) is 5.80. The molecule has 18 heavy (non-hydrogen) atoms. The van der Waals surface area contributed by atoms with Crippen molar-refractivity contribution in [2.75, 3.05) is 13.1 Å². The topological polar surface area (TPSA) is 36.4 Å². The molecule has 0 aromatic carbocycles. The van der Waals surface area contributed by atoms with Gasteiger partial charge in [-0.2, -0.15) is 0 Å². The molecule has 0 bridgehead atoms. The normalized spacial score (nSPS) is 20.3. The maximum Gasteiger partial charge on any atom is 0.0727 e. The van der Waals surface area contributed by atoms with Gasteiger partial charge in [0.2, 0.25) is 0 Å². The molecule has 2 rings (SSSR count). The third-order valence-corrected chi connectivity index (χ3v) is 3.92. The molecule has 0 aliphatic carbocycles. The first-order chi connectivity index (χ1) is 8.48. The molecule has 0 radical (unpaired) electrons. The van der Waals surface area contributed by atoms with Gasteiger partial charge in [-0.05, 0) is 45.7 Å². The van der Waals surface area contributed by atoms with Crippen LogP contribution in [0.15, 0.2) is 18.2 Å². The highest BCUT2D eigenvalue weighted by atomic mass is 16.3. The van der Waals surface area contributed by atoms with E-state index in [9.17, 15) is 5.11 Å². The summed E-state index contributed by atoms with van der Waals surface area (Å²) >= 11 is 0. The Bertz CT molecular complexity index is 395. The largest absolute Gasteiger partial charge is 0.389 e. The Morgan fingerprint density at radius 1 is 1.33 bits per heavy atom. The molecule has 1 fully saturated rings. The number of aryl methyl sites for hydroxylation is 1. The van der Waals surface area contributed by atoms with E-state index >= 15 is 0 Å². The van der Waals surface area contributed by atoms with Gasteiger partial charge in [0.05, 0.1) is 5.60 Å². The van der Waals surface area contributed by atoms with Gasteiger partial charge in [-0.3, -0.25) is 4.98 Å². The van der Waals surface area contributed by atoms with Gasteiger partial charge in [-0.1, -0.05) is 6.07 Å². The van der Waals surface area contributed by atoms with E-state index in [2.05, 4.69) is 23.7 Å². The SMILES string of the molecule is Cc1cccc(CC2(O)CCN(C(C)C)CC2)n1. The van der Waals surface area contributed by atoms with E-state index in [0.29, 0.717) is 12.5 Å². The maximum atomic E-state index is 10.6. The second kappa shape index (κ2) is 5.37. The number of likely N-dealkylation sites (tertiary alicyclic amines) is 1. The summed E-state index contributed by atoms with van der Waals surface area (Å²) in [7, 11) is 0. The predicted octanol–water partition coefficient (Wildman–Crippen LogP) is 2.17. The molecule has 1 aliphatic heterocycles. The average Bonchev–Trinajstić information content (AvgIpc) is 2.29. The van der Waals surface area contributed by atoms with Crippen LogP contribution in [0.25, 0.3) is 0 Å². The second-order valence-corrected chi connectivity index (χ2v) is 5.80. The molecule has 1 aliphatic rings. The van der Waals surface area contributed by atoms with Crippen molar-refractivity contribution in [2.45, 2.75) is 51.7 Å². The zero-order valence-electron chi connectivity index (χ0n) is 11.7. The molecule has 3 heteroatoms. The van der Waals surface area contributed by atoms with Crippen molar-refractivity contribution in [1.29, 1.82) is 0 Å². The standard InChI is InChI=1S/C15H24N2O/c1-12(2)17-9-7-15(18,8-10-17)11-14-6-4-5-13(3)16-14/h4-6,12,18H,7-11H2,1-3H3. The lowest BCUT2D eigenvalue weighted by atomic mass is 9.86. The number of aliphatic hydroxyl groups is 1. The fraction of sp³-hybridized carbons (Fsp3) is 0.667. The van der Waals surface area contributed by atoms with Crippen LogP contribution in [-0.2, 0) is 6.42 Å². The quantitative estimate of drug-likeness (QED) is 0.890. The highest BCUT2D eigenvalue weighted by molar-refractivity contribution is 5.12. The molecule has 0 saturated carbocycles. The number of hydrogen-bond acceptors (Lipinski definition) is 3. The average molecular weight is 248 g/mol. The minimum Gasteiger partial charge on any atom is -0.389 e. The first-order valence-corrected chi connectivity index (χ1v) is 6.87. The summed E-state index contributed by atoms with van der Waals surface area (Å²) in [5.41, 5.74) is 1.47. The number of aromatic nitrogens is 1. The van der Waals surface area contributed by atoms with Crippen molar-refractivity contribution >= 4 is 0 Å². The van der Waals surface area contributed by atoms with Gasteiger partial charge in [0.15, 0.2) is 0 Å². The van der Waals surface area contributed by atoms with Crippen LogP contribution in [0.3, 0.4) is 0 Å². The Kier molecular flexibility index (Phi) is 4.03. The van der Waals surface area contributed by atoms with Crippen molar-refractivity contribution in [2.24, 2.45) is 0 Å². The van der Waals surface area contributed by atoms with Crippen LogP contribution >= 0.6 is 0 Å². The third-order valence-electron chi connectivity index (χ3n) is 3.92. The lowest BCUT2D eigenvalue weighted by molar-refractivity contribution is -0.0277. The number of nitrogens with zero attached hydrogens (tertiary/aromatic N) is 2. The number of pyridine rings is 1. The molecule has 1 aromatic rings. The molecule has 100 valence electrons. The Hall–Kier alpha value is -0.930. The summed E-state index contributed by atoms with van der Waals surface area (Å²) in [5.74, 6) is 0. The zero-order valence-corrected chi connectivity index (χ0v) is 11.7. The molecule has 2 heterocycles. The highest BCUT2D eigenvalue weighted by Crippen LogP contribution is 2.26. The van der Waals surface area contributed by atoms with Crippen LogP contribution < -0.4 is 0 Å². The Balaban J connectivity index is 1.97. The minimum atomic E-state index is -0.563. The maximum absolute atomic E-state index is 10.6. The third kappa shape index (κ3) is 3.30. The van der Waals surface area contributed by atoms with Gasteiger partial charge in [-0.15, -0.1) is 0 Å². The molecule has 0 spiro atoms. The van der Waals surface area contributed by atoms with Gasteiger partial charge < -0.3 is 10.0 Å². The van der Waals surface area contributed by atoms with Crippen molar-refractivity contribution < 1.29 is 5.11 Å². The molecule has 0 unspecified atom stereocenters. The minimum absolute atomic E-state index is 0.563. The summed E-state index contributed by atoms with van der Waals surface area (Å²) < 4.78 is 0. The van der Waals surface area contributed by atoms with Crippen LogP contribution in [0.2, 0.25) is 0 Å². The van der Waals surface area contributed by atoms with E-state index in [1.54, 1.807) is 0 Å². The lowest BCUT2D eigenvalue weighted by Gasteiger charge is -2.40. The van der Waals surface area contributed by atoms with Gasteiger partial charge in [0, 0.05) is 36.9 Å². The smallest absolute Gasteiger partial charge is 0.0727 e. The number of hydrogen-bond donors (Lipinski definition) is 1. The van der Waals surface area contributed by atoms with Crippen molar-refractivity contribution in [3.8, 4) is 0 Å². The monoisotopic (exact) mass is 248 g/mol. The fourth-order valence-electron chi connectivity index (χ4n) is 2.67. The Morgan fingerprint density at radius 2 is 2.00 bits per heavy atom. The van der Waals surface area contributed by atoms with Gasteiger partial charge in [0.1, 0.15) is 0 Å². The van der Waals surface area contributed by atoms with Crippen molar-refractivity contribution in [3.63, 3.8) is 0 Å². The Labute approximate surface area is 110 Å². The molecule has 0 atom stereocenters. The summed E-state index contributed by atoms with van der Waals surface area (Å²) in [6.07, 6.45) is 2.38. The van der Waals surface area contributed by atoms with E-state index < -0.39 is 5.60 Å². The first kappa shape index (κ1) is 13.5. The summed E-state index contributed by atoms with van der Waals surface area (Å²) in [6, 6.07) is 6.60. The van der Waals surface area contributed by atoms with Crippen molar-refractivity contribution in [3.05, 3.63) is 29.6 Å². The van der Waals surface area contributed by atoms with E-state index in [1.807, 2.05) is 25.1 Å². The van der Waals surface area contributed by atoms with E-state index in [0.717, 1.165) is 37.3 Å². The Morgan fingerprint density at radius 3 is 2.56 bits per heavy atom.